The number of carbonyl (C=O) groups is 1. The van der Waals surface area contributed by atoms with Crippen molar-refractivity contribution in [2.24, 2.45) is 17.8 Å². The lowest BCUT2D eigenvalue weighted by atomic mass is 9.59. The van der Waals surface area contributed by atoms with Crippen LogP contribution in [0.2, 0.25) is 0 Å². The minimum atomic E-state index is -0.719. The summed E-state index contributed by atoms with van der Waals surface area (Å²) in [5.41, 5.74) is -0.462. The molecule has 5 fully saturated rings. The molecular formula is C15H23NO4. The molecule has 0 N–H and O–H groups in total. The van der Waals surface area contributed by atoms with E-state index in [9.17, 15) is 4.79 Å². The molecule has 1 saturated carbocycles. The van der Waals surface area contributed by atoms with Gasteiger partial charge in [-0.1, -0.05) is 6.92 Å². The normalized spacial score (nSPS) is 54.5. The van der Waals surface area contributed by atoms with E-state index >= 15 is 0 Å². The summed E-state index contributed by atoms with van der Waals surface area (Å²) in [7, 11) is 1.84. The highest BCUT2D eigenvalue weighted by Gasteiger charge is 2.68. The zero-order valence-electron chi connectivity index (χ0n) is 12.4. The van der Waals surface area contributed by atoms with Crippen LogP contribution >= 0.6 is 0 Å². The number of ether oxygens (including phenoxy) is 1. The van der Waals surface area contributed by atoms with Crippen LogP contribution in [0.15, 0.2) is 0 Å². The minimum Gasteiger partial charge on any atom is -0.321 e. The van der Waals surface area contributed by atoms with Gasteiger partial charge in [-0.2, -0.15) is 0 Å². The van der Waals surface area contributed by atoms with Crippen LogP contribution in [0, 0.1) is 17.8 Å². The van der Waals surface area contributed by atoms with E-state index in [1.54, 1.807) is 4.90 Å². The quantitative estimate of drug-likeness (QED) is 0.638. The number of likely N-dealkylation sites (tertiary alicyclic amines) is 1. The Hall–Kier alpha value is -0.650. The molecule has 1 aliphatic carbocycles. The lowest BCUT2D eigenvalue weighted by molar-refractivity contribution is -0.545. The lowest BCUT2D eigenvalue weighted by Gasteiger charge is -2.59. The van der Waals surface area contributed by atoms with E-state index < -0.39 is 11.4 Å². The molecule has 6 atom stereocenters. The van der Waals surface area contributed by atoms with Gasteiger partial charge in [-0.05, 0) is 38.0 Å². The topological polar surface area (TPSA) is 48.0 Å². The molecule has 2 bridgehead atoms. The first-order valence-corrected chi connectivity index (χ1v) is 7.76. The van der Waals surface area contributed by atoms with Gasteiger partial charge in [0.1, 0.15) is 0 Å². The third-order valence-electron chi connectivity index (χ3n) is 6.06. The number of rotatable bonds is 0. The monoisotopic (exact) mass is 281 g/mol. The van der Waals surface area contributed by atoms with Crippen LogP contribution in [0.5, 0.6) is 0 Å². The Morgan fingerprint density at radius 1 is 1.25 bits per heavy atom. The van der Waals surface area contributed by atoms with E-state index in [1.165, 1.54) is 6.42 Å². The summed E-state index contributed by atoms with van der Waals surface area (Å²) < 4.78 is 6.22. The summed E-state index contributed by atoms with van der Waals surface area (Å²) in [6, 6.07) is 0. The average molecular weight is 281 g/mol. The maximum absolute atomic E-state index is 12.3. The predicted octanol–water partition coefficient (Wildman–Crippen LogP) is 2.06. The molecular weight excluding hydrogens is 258 g/mol. The van der Waals surface area contributed by atoms with Gasteiger partial charge in [0.25, 0.3) is 0 Å². The fourth-order valence-corrected chi connectivity index (χ4v) is 4.86. The lowest BCUT2D eigenvalue weighted by Crippen LogP contribution is -2.72. The van der Waals surface area contributed by atoms with Crippen molar-refractivity contribution in [2.45, 2.75) is 63.6 Å². The molecule has 20 heavy (non-hydrogen) atoms. The van der Waals surface area contributed by atoms with E-state index in [4.69, 9.17) is 14.5 Å². The summed E-state index contributed by atoms with van der Waals surface area (Å²) in [6.07, 6.45) is 4.32. The zero-order valence-corrected chi connectivity index (χ0v) is 12.4. The smallest absolute Gasteiger partial charge is 0.224 e. The molecule has 0 unspecified atom stereocenters. The van der Waals surface area contributed by atoms with Crippen molar-refractivity contribution < 1.29 is 19.3 Å². The van der Waals surface area contributed by atoms with Gasteiger partial charge in [-0.3, -0.25) is 4.79 Å². The van der Waals surface area contributed by atoms with Crippen LogP contribution < -0.4 is 0 Å². The second kappa shape index (κ2) is 3.96. The Morgan fingerprint density at radius 2 is 2.05 bits per heavy atom. The Balaban J connectivity index is 1.85. The molecule has 0 radical (unpaired) electrons. The highest BCUT2D eigenvalue weighted by molar-refractivity contribution is 5.78. The van der Waals surface area contributed by atoms with Gasteiger partial charge in [-0.15, -0.1) is 0 Å². The SMILES string of the molecule is C[C@@H]1CC[C@H]2CC(=O)N(C)[C@@H]3O[C@@]4(C)CC[C@@H]1[C@@]23OO4. The predicted molar refractivity (Wildman–Crippen MR) is 70.2 cm³/mol. The molecule has 4 saturated heterocycles. The van der Waals surface area contributed by atoms with Crippen molar-refractivity contribution in [3.05, 3.63) is 0 Å². The second-order valence-corrected chi connectivity index (χ2v) is 7.23. The Morgan fingerprint density at radius 3 is 2.85 bits per heavy atom. The van der Waals surface area contributed by atoms with Crippen LogP contribution in [0.4, 0.5) is 0 Å². The number of piperidine rings is 1. The Kier molecular flexibility index (Phi) is 2.58. The maximum atomic E-state index is 12.3. The van der Waals surface area contributed by atoms with Crippen LogP contribution in [0.1, 0.15) is 46.0 Å². The van der Waals surface area contributed by atoms with Gasteiger partial charge in [0, 0.05) is 25.8 Å². The van der Waals surface area contributed by atoms with Crippen molar-refractivity contribution in [2.75, 3.05) is 7.05 Å². The fourth-order valence-electron chi connectivity index (χ4n) is 4.86. The molecule has 5 rings (SSSR count). The molecule has 0 aromatic rings. The third-order valence-corrected chi connectivity index (χ3v) is 6.06. The summed E-state index contributed by atoms with van der Waals surface area (Å²) in [4.78, 5) is 25.7. The van der Waals surface area contributed by atoms with E-state index in [2.05, 4.69) is 6.92 Å². The number of likely N-dealkylation sites (N-methyl/N-ethyl adjacent to an activating group) is 1. The first-order chi connectivity index (χ1) is 9.46. The van der Waals surface area contributed by atoms with E-state index in [-0.39, 0.29) is 18.1 Å². The largest absolute Gasteiger partial charge is 0.321 e. The molecule has 1 amide bonds. The van der Waals surface area contributed by atoms with E-state index in [0.29, 0.717) is 18.3 Å². The number of carbonyl (C=O) groups excluding carboxylic acids is 1. The minimum absolute atomic E-state index is 0.165. The number of hydrogen-bond acceptors (Lipinski definition) is 4. The number of amides is 1. The molecule has 5 nitrogen and oxygen atoms in total. The summed E-state index contributed by atoms with van der Waals surface area (Å²) >= 11 is 0. The van der Waals surface area contributed by atoms with Crippen molar-refractivity contribution in [3.8, 4) is 0 Å². The van der Waals surface area contributed by atoms with E-state index in [0.717, 1.165) is 19.3 Å². The maximum Gasteiger partial charge on any atom is 0.224 e. The number of nitrogens with zero attached hydrogens (tertiary/aromatic N) is 1. The first kappa shape index (κ1) is 13.0. The van der Waals surface area contributed by atoms with Gasteiger partial charge >= 0.3 is 0 Å². The molecule has 112 valence electrons. The van der Waals surface area contributed by atoms with Gasteiger partial charge in [0.05, 0.1) is 0 Å². The van der Waals surface area contributed by atoms with E-state index in [1.807, 2.05) is 14.0 Å². The molecule has 4 heterocycles. The highest BCUT2D eigenvalue weighted by atomic mass is 17.3. The Bertz CT molecular complexity index is 451. The Labute approximate surface area is 119 Å². The zero-order chi connectivity index (χ0) is 14.1. The average Bonchev–Trinajstić information content (AvgIpc) is 2.65. The van der Waals surface area contributed by atoms with Crippen LogP contribution in [0.3, 0.4) is 0 Å². The molecule has 1 spiro atoms. The van der Waals surface area contributed by atoms with Gasteiger partial charge in [0.2, 0.25) is 11.7 Å². The first-order valence-electron chi connectivity index (χ1n) is 7.76. The summed E-state index contributed by atoms with van der Waals surface area (Å²) in [5, 5.41) is 0. The van der Waals surface area contributed by atoms with Crippen LogP contribution in [-0.2, 0) is 19.3 Å². The fraction of sp³-hybridized carbons (Fsp3) is 0.933. The molecule has 0 aromatic heterocycles. The van der Waals surface area contributed by atoms with Crippen LogP contribution in [-0.4, -0.2) is 35.5 Å². The summed E-state index contributed by atoms with van der Waals surface area (Å²) in [5.74, 6) is 0.663. The number of hydrogen-bond donors (Lipinski definition) is 0. The number of fused-ring (bicyclic) bond motifs is 2. The standard InChI is InChI=1S/C15H23NO4/c1-9-4-5-10-8-12(17)16(3)13-15(10)11(9)6-7-14(2,18-13)19-20-15/h9-11,13H,4-8H2,1-3H3/t9-,10+,11+,13-,14-,15+/m1/s1. The van der Waals surface area contributed by atoms with Crippen molar-refractivity contribution in [1.29, 1.82) is 0 Å². The van der Waals surface area contributed by atoms with Crippen molar-refractivity contribution in [1.82, 2.24) is 4.90 Å². The van der Waals surface area contributed by atoms with Gasteiger partial charge in [0.15, 0.2) is 11.8 Å². The summed E-state index contributed by atoms with van der Waals surface area (Å²) in [6.45, 7) is 4.22. The van der Waals surface area contributed by atoms with Crippen molar-refractivity contribution in [3.63, 3.8) is 0 Å². The molecule has 5 aliphatic rings. The second-order valence-electron chi connectivity index (χ2n) is 7.23. The highest BCUT2D eigenvalue weighted by Crippen LogP contribution is 2.58. The van der Waals surface area contributed by atoms with Gasteiger partial charge in [-0.25, -0.2) is 9.78 Å². The van der Waals surface area contributed by atoms with Crippen molar-refractivity contribution >= 4 is 5.91 Å². The molecule has 0 aromatic carbocycles. The van der Waals surface area contributed by atoms with Gasteiger partial charge < -0.3 is 9.64 Å². The van der Waals surface area contributed by atoms with Crippen LogP contribution in [0.25, 0.3) is 0 Å². The molecule has 5 heteroatoms. The molecule has 4 aliphatic heterocycles. The third kappa shape index (κ3) is 1.46.